The van der Waals surface area contributed by atoms with Crippen molar-refractivity contribution in [2.24, 2.45) is 5.90 Å². The molecule has 0 aromatic rings. The summed E-state index contributed by atoms with van der Waals surface area (Å²) >= 11 is 0. The standard InChI is InChI=1S/C2H3NO4.Al.Ti.3H/c3-7-2(6)1(4)5;;;;;/h3H2,(H,4,5);;;;;. The molecule has 0 heterocycles. The van der Waals surface area contributed by atoms with E-state index in [4.69, 9.17) is 5.11 Å². The van der Waals surface area contributed by atoms with Crippen LogP contribution in [0.15, 0.2) is 0 Å². The zero-order valence-electron chi connectivity index (χ0n) is 3.75. The van der Waals surface area contributed by atoms with Crippen molar-refractivity contribution in [1.82, 2.24) is 0 Å². The Kier molecular flexibility index (Phi) is 14.5. The molecule has 5 nitrogen and oxygen atoms in total. The average Bonchev–Trinajstić information content (AvgIpc) is 1.65. The van der Waals surface area contributed by atoms with Gasteiger partial charge in [0.25, 0.3) is 0 Å². The Morgan fingerprint density at radius 1 is 1.44 bits per heavy atom. The van der Waals surface area contributed by atoms with Crippen LogP contribution in [0.4, 0.5) is 0 Å². The molecule has 0 spiro atoms. The van der Waals surface area contributed by atoms with Gasteiger partial charge in [0.15, 0.2) is 17.4 Å². The molecule has 50 valence electrons. The van der Waals surface area contributed by atoms with Crippen LogP contribution >= 0.6 is 0 Å². The average molecular weight is 183 g/mol. The van der Waals surface area contributed by atoms with Gasteiger partial charge in [0.1, 0.15) is 0 Å². The minimum absolute atomic E-state index is 0. The zero-order chi connectivity index (χ0) is 5.86. The summed E-state index contributed by atoms with van der Waals surface area (Å²) in [7, 11) is 0. The summed E-state index contributed by atoms with van der Waals surface area (Å²) in [4.78, 5) is 22.2. The van der Waals surface area contributed by atoms with Gasteiger partial charge in [0, 0.05) is 21.7 Å². The molecule has 0 aliphatic rings. The molecule has 0 atom stereocenters. The molecule has 0 aromatic heterocycles. The van der Waals surface area contributed by atoms with Gasteiger partial charge in [-0.25, -0.2) is 9.59 Å². The number of carboxylic acids is 1. The van der Waals surface area contributed by atoms with E-state index in [0.717, 1.165) is 0 Å². The molecule has 0 aliphatic carbocycles. The molecule has 0 bridgehead atoms. The molecule has 7 heteroatoms. The van der Waals surface area contributed by atoms with Crippen molar-refractivity contribution >= 4 is 29.3 Å². The number of rotatable bonds is 0. The van der Waals surface area contributed by atoms with Crippen molar-refractivity contribution in [3.63, 3.8) is 0 Å². The van der Waals surface area contributed by atoms with Gasteiger partial charge in [-0.1, -0.05) is 0 Å². The van der Waals surface area contributed by atoms with Gasteiger partial charge in [-0.05, 0) is 0 Å². The fraction of sp³-hybridized carbons (Fsp3) is 0. The molecule has 0 unspecified atom stereocenters. The quantitative estimate of drug-likeness (QED) is 0.242. The van der Waals surface area contributed by atoms with Crippen LogP contribution in [0.2, 0.25) is 0 Å². The normalized spacial score (nSPS) is 5.89. The minimum Gasteiger partial charge on any atom is -0.473 e. The van der Waals surface area contributed by atoms with E-state index in [0.29, 0.717) is 0 Å². The Hall–Kier alpha value is 0.147. The van der Waals surface area contributed by atoms with Gasteiger partial charge in [-0.3, -0.25) is 0 Å². The van der Waals surface area contributed by atoms with Crippen LogP contribution in [0.1, 0.15) is 0 Å². The number of carbonyl (C=O) groups is 2. The first kappa shape index (κ1) is 16.1. The molecule has 0 amide bonds. The molecule has 0 fully saturated rings. The second-order valence-electron chi connectivity index (χ2n) is 0.710. The van der Waals surface area contributed by atoms with Crippen LogP contribution < -0.4 is 5.90 Å². The molecule has 0 saturated heterocycles. The molecule has 3 N–H and O–H groups in total. The van der Waals surface area contributed by atoms with Gasteiger partial charge >= 0.3 is 11.9 Å². The van der Waals surface area contributed by atoms with Crippen molar-refractivity contribution in [2.45, 2.75) is 0 Å². The van der Waals surface area contributed by atoms with E-state index in [1.807, 2.05) is 0 Å². The topological polar surface area (TPSA) is 89.6 Å². The van der Waals surface area contributed by atoms with E-state index in [1.165, 1.54) is 0 Å². The van der Waals surface area contributed by atoms with Crippen LogP contribution in [0, 0.1) is 0 Å². The monoisotopic (exact) mass is 183 g/mol. The van der Waals surface area contributed by atoms with Crippen molar-refractivity contribution in [3.05, 3.63) is 0 Å². The van der Waals surface area contributed by atoms with Crippen molar-refractivity contribution < 1.29 is 41.3 Å². The molecule has 9 heavy (non-hydrogen) atoms. The second-order valence-corrected chi connectivity index (χ2v) is 0.710. The number of hydrogen-bond acceptors (Lipinski definition) is 4. The summed E-state index contributed by atoms with van der Waals surface area (Å²) in [5.74, 6) is 0.992. The predicted octanol–water partition coefficient (Wildman–Crippen LogP) is -2.70. The minimum atomic E-state index is -1.69. The van der Waals surface area contributed by atoms with Crippen LogP contribution in [0.3, 0.4) is 0 Å². The molecular weight excluding hydrogens is 177 g/mol. The summed E-state index contributed by atoms with van der Waals surface area (Å²) in [5.41, 5.74) is 0. The second kappa shape index (κ2) is 8.15. The van der Waals surface area contributed by atoms with Crippen molar-refractivity contribution in [2.75, 3.05) is 0 Å². The molecule has 0 aliphatic heterocycles. The first-order valence-electron chi connectivity index (χ1n) is 1.32. The van der Waals surface area contributed by atoms with Crippen LogP contribution in [-0.4, -0.2) is 34.4 Å². The Morgan fingerprint density at radius 3 is 1.78 bits per heavy atom. The summed E-state index contributed by atoms with van der Waals surface area (Å²) in [6.07, 6.45) is 0. The maximum atomic E-state index is 9.56. The Labute approximate surface area is 76.5 Å². The van der Waals surface area contributed by atoms with Gasteiger partial charge < -0.3 is 9.94 Å². The van der Waals surface area contributed by atoms with Crippen LogP contribution in [0.5, 0.6) is 0 Å². The number of aliphatic carboxylic acids is 1. The van der Waals surface area contributed by atoms with Gasteiger partial charge in [0.2, 0.25) is 0 Å². The SMILES string of the molecule is NOC(=O)C(=O)O.[AlH3].[Ti]. The number of nitrogens with two attached hydrogens (primary N) is 1. The van der Waals surface area contributed by atoms with E-state index in [1.54, 1.807) is 0 Å². The fourth-order valence-corrected chi connectivity index (χ4v) is 0.0504. The molecule has 0 saturated carbocycles. The summed E-state index contributed by atoms with van der Waals surface area (Å²) < 4.78 is 0. The molecule has 0 rings (SSSR count). The van der Waals surface area contributed by atoms with E-state index < -0.39 is 11.9 Å². The first-order valence-corrected chi connectivity index (χ1v) is 1.32. The van der Waals surface area contributed by atoms with Gasteiger partial charge in [0.05, 0.1) is 0 Å². The number of hydrogen-bond donors (Lipinski definition) is 2. The van der Waals surface area contributed by atoms with E-state index >= 15 is 0 Å². The summed E-state index contributed by atoms with van der Waals surface area (Å²) in [6.45, 7) is 0. The summed E-state index contributed by atoms with van der Waals surface area (Å²) in [6, 6.07) is 0. The van der Waals surface area contributed by atoms with Crippen LogP contribution in [0.25, 0.3) is 0 Å². The summed E-state index contributed by atoms with van der Waals surface area (Å²) in [5, 5.41) is 7.63. The third-order valence-corrected chi connectivity index (χ3v) is 0.282. The first-order chi connectivity index (χ1) is 3.18. The molecule has 0 aromatic carbocycles. The maximum absolute atomic E-state index is 9.56. The third-order valence-electron chi connectivity index (χ3n) is 0.282. The Bertz CT molecular complexity index is 107. The fourth-order valence-electron chi connectivity index (χ4n) is 0.0504. The molecular formula is C2H6AlNO4Ti. The van der Waals surface area contributed by atoms with Gasteiger partial charge in [-0.2, -0.15) is 5.90 Å². The van der Waals surface area contributed by atoms with Crippen molar-refractivity contribution in [1.29, 1.82) is 0 Å². The van der Waals surface area contributed by atoms with Crippen molar-refractivity contribution in [3.8, 4) is 0 Å². The molecule has 0 radical (unpaired) electrons. The van der Waals surface area contributed by atoms with E-state index in [2.05, 4.69) is 10.7 Å². The predicted molar refractivity (Wildman–Crippen MR) is 27.9 cm³/mol. The zero-order valence-corrected chi connectivity index (χ0v) is 5.31. The van der Waals surface area contributed by atoms with Gasteiger partial charge in [-0.15, -0.1) is 0 Å². The maximum Gasteiger partial charge on any atom is 0.435 e. The number of carbonyl (C=O) groups excluding carboxylic acids is 1. The third kappa shape index (κ3) is 8.15. The smallest absolute Gasteiger partial charge is 0.435 e. The number of carboxylic acid groups (broad SMARTS) is 1. The van der Waals surface area contributed by atoms with E-state index in [9.17, 15) is 9.59 Å². The Balaban J connectivity index is -0.000000180. The van der Waals surface area contributed by atoms with Crippen LogP contribution in [-0.2, 0) is 36.1 Å². The van der Waals surface area contributed by atoms with E-state index in [-0.39, 0.29) is 39.1 Å². The Morgan fingerprint density at radius 2 is 1.78 bits per heavy atom. The largest absolute Gasteiger partial charge is 0.473 e.